The third-order valence-electron chi connectivity index (χ3n) is 4.75. The zero-order chi connectivity index (χ0) is 21.0. The van der Waals surface area contributed by atoms with Crippen molar-refractivity contribution >= 4 is 23.4 Å². The molecule has 2 aromatic carbocycles. The number of benzene rings is 2. The van der Waals surface area contributed by atoms with E-state index in [0.29, 0.717) is 22.7 Å². The van der Waals surface area contributed by atoms with Crippen molar-refractivity contribution < 1.29 is 23.9 Å². The van der Waals surface area contributed by atoms with Gasteiger partial charge in [0.25, 0.3) is 11.8 Å². The second kappa shape index (κ2) is 8.60. The van der Waals surface area contributed by atoms with Crippen LogP contribution in [0, 0.1) is 0 Å². The lowest BCUT2D eigenvalue weighted by molar-refractivity contribution is -0.122. The van der Waals surface area contributed by atoms with Crippen molar-refractivity contribution in [3.63, 3.8) is 0 Å². The Morgan fingerprint density at radius 2 is 1.62 bits per heavy atom. The van der Waals surface area contributed by atoms with Crippen LogP contribution in [0.3, 0.4) is 0 Å². The van der Waals surface area contributed by atoms with Gasteiger partial charge in [-0.25, -0.2) is 4.90 Å². The van der Waals surface area contributed by atoms with E-state index in [1.54, 1.807) is 48.5 Å². The van der Waals surface area contributed by atoms with Crippen molar-refractivity contribution in [1.29, 1.82) is 0 Å². The average Bonchev–Trinajstić information content (AvgIpc) is 3.05. The maximum Gasteiger partial charge on any atom is 0.257 e. The predicted octanol–water partition coefficient (Wildman–Crippen LogP) is 2.66. The number of imide groups is 1. The minimum atomic E-state index is -0.891. The van der Waals surface area contributed by atoms with E-state index >= 15 is 0 Å². The minimum Gasteiger partial charge on any atom is -0.497 e. The van der Waals surface area contributed by atoms with Crippen LogP contribution in [0.1, 0.15) is 16.8 Å². The van der Waals surface area contributed by atoms with Crippen LogP contribution < -0.4 is 14.4 Å². The quantitative estimate of drug-likeness (QED) is 0.533. The molecule has 1 aliphatic rings. The Hall–Kier alpha value is -3.61. The van der Waals surface area contributed by atoms with Gasteiger partial charge in [0.15, 0.2) is 0 Å². The molecule has 7 nitrogen and oxygen atoms in total. The van der Waals surface area contributed by atoms with E-state index in [0.717, 1.165) is 4.90 Å². The topological polar surface area (TPSA) is 76.2 Å². The molecular formula is C22H22N2O5. The molecular weight excluding hydrogens is 372 g/mol. The molecule has 2 aromatic rings. The molecule has 0 aromatic heterocycles. The molecule has 1 atom stereocenters. The van der Waals surface area contributed by atoms with Crippen LogP contribution in [0.4, 0.5) is 5.69 Å². The molecule has 0 bridgehead atoms. The van der Waals surface area contributed by atoms with Gasteiger partial charge in [0, 0.05) is 12.1 Å². The fourth-order valence-electron chi connectivity index (χ4n) is 3.25. The number of anilines is 1. The van der Waals surface area contributed by atoms with Gasteiger partial charge in [-0.1, -0.05) is 6.08 Å². The molecule has 3 amide bonds. The minimum absolute atomic E-state index is 0.0827. The summed E-state index contributed by atoms with van der Waals surface area (Å²) >= 11 is 0. The Labute approximate surface area is 169 Å². The monoisotopic (exact) mass is 394 g/mol. The third-order valence-corrected chi connectivity index (χ3v) is 4.75. The Balaban J connectivity index is 1.86. The van der Waals surface area contributed by atoms with Gasteiger partial charge in [0.1, 0.15) is 17.5 Å². The fraction of sp³-hybridized carbons (Fsp3) is 0.227. The van der Waals surface area contributed by atoms with Crippen LogP contribution in [0.25, 0.3) is 0 Å². The Morgan fingerprint density at radius 3 is 2.14 bits per heavy atom. The van der Waals surface area contributed by atoms with Crippen molar-refractivity contribution in [2.24, 2.45) is 0 Å². The lowest BCUT2D eigenvalue weighted by Gasteiger charge is -2.26. The molecule has 0 aliphatic carbocycles. The van der Waals surface area contributed by atoms with Gasteiger partial charge in [-0.15, -0.1) is 6.58 Å². The van der Waals surface area contributed by atoms with Gasteiger partial charge < -0.3 is 14.4 Å². The standard InChI is InChI=1S/C22H22N2O5/c1-4-13-23(21(26)15-5-9-17(28-2)10-6-15)19-14-20(25)24(22(19)27)16-7-11-18(29-3)12-8-16/h4-12,19H,1,13-14H2,2-3H3. The summed E-state index contributed by atoms with van der Waals surface area (Å²) in [7, 11) is 3.08. The molecule has 7 heteroatoms. The molecule has 1 aliphatic heterocycles. The highest BCUT2D eigenvalue weighted by molar-refractivity contribution is 6.23. The second-order valence-electron chi connectivity index (χ2n) is 6.46. The molecule has 0 saturated carbocycles. The van der Waals surface area contributed by atoms with Crippen LogP contribution in [-0.4, -0.2) is 49.4 Å². The van der Waals surface area contributed by atoms with Crippen molar-refractivity contribution in [2.75, 3.05) is 25.7 Å². The van der Waals surface area contributed by atoms with Crippen LogP contribution in [0.2, 0.25) is 0 Å². The highest BCUT2D eigenvalue weighted by atomic mass is 16.5. The third kappa shape index (κ3) is 3.99. The zero-order valence-electron chi connectivity index (χ0n) is 16.3. The van der Waals surface area contributed by atoms with E-state index in [-0.39, 0.29) is 24.8 Å². The lowest BCUT2D eigenvalue weighted by Crippen LogP contribution is -2.45. The number of amides is 3. The molecule has 150 valence electrons. The van der Waals surface area contributed by atoms with Crippen LogP contribution in [0.5, 0.6) is 11.5 Å². The molecule has 1 fully saturated rings. The number of ether oxygens (including phenoxy) is 2. The van der Waals surface area contributed by atoms with E-state index in [9.17, 15) is 14.4 Å². The van der Waals surface area contributed by atoms with E-state index < -0.39 is 11.9 Å². The first-order chi connectivity index (χ1) is 14.0. The van der Waals surface area contributed by atoms with Crippen molar-refractivity contribution in [3.8, 4) is 11.5 Å². The number of carbonyl (C=O) groups excluding carboxylic acids is 3. The summed E-state index contributed by atoms with van der Waals surface area (Å²) in [5.41, 5.74) is 0.842. The lowest BCUT2D eigenvalue weighted by atomic mass is 10.1. The highest BCUT2D eigenvalue weighted by Gasteiger charge is 2.44. The molecule has 3 rings (SSSR count). The van der Waals surface area contributed by atoms with Crippen LogP contribution >= 0.6 is 0 Å². The molecule has 0 radical (unpaired) electrons. The zero-order valence-corrected chi connectivity index (χ0v) is 16.3. The summed E-state index contributed by atoms with van der Waals surface area (Å²) in [5, 5.41) is 0. The first kappa shape index (κ1) is 20.1. The van der Waals surface area contributed by atoms with Crippen molar-refractivity contribution in [2.45, 2.75) is 12.5 Å². The van der Waals surface area contributed by atoms with Gasteiger partial charge in [0.05, 0.1) is 26.3 Å². The SMILES string of the molecule is C=CCN(C(=O)c1ccc(OC)cc1)C1CC(=O)N(c2ccc(OC)cc2)C1=O. The largest absolute Gasteiger partial charge is 0.497 e. The highest BCUT2D eigenvalue weighted by Crippen LogP contribution is 2.28. The normalized spacial score (nSPS) is 15.9. The summed E-state index contributed by atoms with van der Waals surface area (Å²) in [5.74, 6) is 0.0860. The Morgan fingerprint density at radius 1 is 1.07 bits per heavy atom. The van der Waals surface area contributed by atoms with Crippen molar-refractivity contribution in [3.05, 3.63) is 66.7 Å². The van der Waals surface area contributed by atoms with Gasteiger partial charge in [0.2, 0.25) is 5.91 Å². The Bertz CT molecular complexity index is 921. The van der Waals surface area contributed by atoms with Gasteiger partial charge in [-0.05, 0) is 48.5 Å². The molecule has 29 heavy (non-hydrogen) atoms. The van der Waals surface area contributed by atoms with Gasteiger partial charge in [-0.3, -0.25) is 14.4 Å². The van der Waals surface area contributed by atoms with Gasteiger partial charge in [-0.2, -0.15) is 0 Å². The predicted molar refractivity (Wildman–Crippen MR) is 108 cm³/mol. The number of carbonyl (C=O) groups is 3. The maximum atomic E-state index is 13.0. The molecule has 1 unspecified atom stereocenters. The first-order valence-electron chi connectivity index (χ1n) is 9.07. The van der Waals surface area contributed by atoms with E-state index in [4.69, 9.17) is 9.47 Å². The summed E-state index contributed by atoms with van der Waals surface area (Å²) in [6, 6.07) is 12.3. The maximum absolute atomic E-state index is 13.0. The van der Waals surface area contributed by atoms with E-state index in [1.807, 2.05) is 0 Å². The summed E-state index contributed by atoms with van der Waals surface area (Å²) in [6.45, 7) is 3.82. The number of methoxy groups -OCH3 is 2. The number of hydrogen-bond donors (Lipinski definition) is 0. The second-order valence-corrected chi connectivity index (χ2v) is 6.46. The fourth-order valence-corrected chi connectivity index (χ4v) is 3.25. The molecule has 1 saturated heterocycles. The number of nitrogens with zero attached hydrogens (tertiary/aromatic N) is 2. The molecule has 1 heterocycles. The molecule has 0 spiro atoms. The van der Waals surface area contributed by atoms with E-state index in [2.05, 4.69) is 6.58 Å². The van der Waals surface area contributed by atoms with Crippen LogP contribution in [-0.2, 0) is 9.59 Å². The number of hydrogen-bond acceptors (Lipinski definition) is 5. The van der Waals surface area contributed by atoms with Crippen LogP contribution in [0.15, 0.2) is 61.2 Å². The summed E-state index contributed by atoms with van der Waals surface area (Å²) < 4.78 is 10.2. The number of rotatable bonds is 7. The first-order valence-corrected chi connectivity index (χ1v) is 9.07. The summed E-state index contributed by atoms with van der Waals surface area (Å²) in [6.07, 6.45) is 1.45. The summed E-state index contributed by atoms with van der Waals surface area (Å²) in [4.78, 5) is 41.2. The smallest absolute Gasteiger partial charge is 0.257 e. The molecule has 0 N–H and O–H groups in total. The van der Waals surface area contributed by atoms with Crippen molar-refractivity contribution in [1.82, 2.24) is 4.90 Å². The van der Waals surface area contributed by atoms with E-state index in [1.165, 1.54) is 25.2 Å². The Kier molecular flexibility index (Phi) is 5.97. The van der Waals surface area contributed by atoms with Gasteiger partial charge >= 0.3 is 0 Å². The average molecular weight is 394 g/mol.